The number of methoxy groups -OCH3 is 2. The number of hydrogen-bond acceptors (Lipinski definition) is 6. The number of carbonyl (C=O) groups excluding carboxylic acids is 1. The van der Waals surface area contributed by atoms with E-state index in [1.54, 1.807) is 31.0 Å². The van der Waals surface area contributed by atoms with Crippen LogP contribution in [0.2, 0.25) is 0 Å². The zero-order valence-electron chi connectivity index (χ0n) is 18.4. The molecule has 1 fully saturated rings. The highest BCUT2D eigenvalue weighted by molar-refractivity contribution is 7.99. The molecule has 5 atom stereocenters. The fourth-order valence-electron chi connectivity index (χ4n) is 4.05. The van der Waals surface area contributed by atoms with Gasteiger partial charge in [0.15, 0.2) is 0 Å². The third kappa shape index (κ3) is 8.93. The van der Waals surface area contributed by atoms with E-state index in [4.69, 9.17) is 4.74 Å². The van der Waals surface area contributed by atoms with Crippen LogP contribution >= 0.6 is 11.8 Å². The first kappa shape index (κ1) is 25.8. The summed E-state index contributed by atoms with van der Waals surface area (Å²) >= 11 is 1.69. The highest BCUT2D eigenvalue weighted by Crippen LogP contribution is 2.38. The van der Waals surface area contributed by atoms with Crippen LogP contribution in [0.1, 0.15) is 36.8 Å². The maximum Gasteiger partial charge on any atom is 0.305 e. The van der Waals surface area contributed by atoms with E-state index in [9.17, 15) is 19.4 Å². The average molecular weight is 455 g/mol. The molecule has 0 bridgehead atoms. The lowest BCUT2D eigenvalue weighted by Crippen LogP contribution is -2.20. The van der Waals surface area contributed by atoms with Gasteiger partial charge in [0.05, 0.1) is 25.9 Å². The molecule has 2 rings (SSSR count). The van der Waals surface area contributed by atoms with Crippen LogP contribution in [0.3, 0.4) is 0 Å². The van der Waals surface area contributed by atoms with E-state index in [0.717, 1.165) is 29.1 Å². The van der Waals surface area contributed by atoms with Crippen LogP contribution in [-0.4, -0.2) is 60.3 Å². The Kier molecular flexibility index (Phi) is 11.6. The maximum absolute atomic E-state index is 14.5. The van der Waals surface area contributed by atoms with Crippen LogP contribution in [0.5, 0.6) is 0 Å². The molecule has 5 nitrogen and oxygen atoms in total. The van der Waals surface area contributed by atoms with Crippen molar-refractivity contribution in [1.82, 2.24) is 0 Å². The van der Waals surface area contributed by atoms with Crippen LogP contribution in [0.25, 0.3) is 0 Å². The Morgan fingerprint density at radius 3 is 2.84 bits per heavy atom. The largest absolute Gasteiger partial charge is 0.469 e. The van der Waals surface area contributed by atoms with Crippen molar-refractivity contribution in [3.63, 3.8) is 0 Å². The number of aliphatic hydroxyl groups is 2. The lowest BCUT2D eigenvalue weighted by Gasteiger charge is -2.20. The zero-order chi connectivity index (χ0) is 22.6. The van der Waals surface area contributed by atoms with Crippen molar-refractivity contribution in [2.45, 2.75) is 57.1 Å². The summed E-state index contributed by atoms with van der Waals surface area (Å²) in [5.74, 6) is 0.843. The Balaban J connectivity index is 1.82. The molecule has 0 aliphatic heterocycles. The van der Waals surface area contributed by atoms with Crippen molar-refractivity contribution < 1.29 is 28.9 Å². The molecule has 1 saturated carbocycles. The minimum atomic E-state index is -1.04. The third-order valence-electron chi connectivity index (χ3n) is 5.67. The summed E-state index contributed by atoms with van der Waals surface area (Å²) in [5.41, 5.74) is 2.05. The number of ether oxygens (including phenoxy) is 2. The summed E-state index contributed by atoms with van der Waals surface area (Å²) in [5, 5.41) is 20.7. The van der Waals surface area contributed by atoms with Gasteiger partial charge in [-0.1, -0.05) is 36.4 Å². The van der Waals surface area contributed by atoms with E-state index < -0.39 is 18.4 Å². The molecule has 0 aromatic heterocycles. The molecule has 1 aliphatic rings. The van der Waals surface area contributed by atoms with Gasteiger partial charge in [-0.25, -0.2) is 4.39 Å². The van der Waals surface area contributed by atoms with E-state index in [-0.39, 0.29) is 24.2 Å². The summed E-state index contributed by atoms with van der Waals surface area (Å²) in [7, 11) is 3.03. The van der Waals surface area contributed by atoms with Gasteiger partial charge in [-0.2, -0.15) is 11.8 Å². The first-order valence-electron chi connectivity index (χ1n) is 10.8. The molecule has 5 unspecified atom stereocenters. The van der Waals surface area contributed by atoms with Gasteiger partial charge in [-0.3, -0.25) is 4.79 Å². The predicted molar refractivity (Wildman–Crippen MR) is 122 cm³/mol. The molecule has 0 spiro atoms. The van der Waals surface area contributed by atoms with Gasteiger partial charge >= 0.3 is 5.97 Å². The van der Waals surface area contributed by atoms with E-state index in [1.807, 2.05) is 24.3 Å². The maximum atomic E-state index is 14.5. The van der Waals surface area contributed by atoms with Gasteiger partial charge in [-0.05, 0) is 41.4 Å². The third-order valence-corrected chi connectivity index (χ3v) is 6.77. The van der Waals surface area contributed by atoms with Crippen molar-refractivity contribution in [3.8, 4) is 0 Å². The molecule has 7 heteroatoms. The van der Waals surface area contributed by atoms with Crippen LogP contribution in [0.15, 0.2) is 36.4 Å². The molecule has 1 aromatic rings. The zero-order valence-corrected chi connectivity index (χ0v) is 19.2. The number of rotatable bonds is 13. The van der Waals surface area contributed by atoms with E-state index in [0.29, 0.717) is 25.9 Å². The van der Waals surface area contributed by atoms with E-state index in [2.05, 4.69) is 4.74 Å². The number of benzene rings is 1. The average Bonchev–Trinajstić information content (AvgIpc) is 3.01. The second-order valence-corrected chi connectivity index (χ2v) is 9.28. The highest BCUT2D eigenvalue weighted by Gasteiger charge is 2.40. The van der Waals surface area contributed by atoms with Gasteiger partial charge in [0.1, 0.15) is 6.17 Å². The number of esters is 1. The molecule has 0 radical (unpaired) electrons. The first-order chi connectivity index (χ1) is 14.9. The Morgan fingerprint density at radius 1 is 1.32 bits per heavy atom. The molecule has 31 heavy (non-hydrogen) atoms. The Labute approximate surface area is 189 Å². The van der Waals surface area contributed by atoms with Gasteiger partial charge < -0.3 is 19.7 Å². The molecular weight excluding hydrogens is 419 g/mol. The molecule has 1 aromatic carbocycles. The molecule has 1 aliphatic carbocycles. The van der Waals surface area contributed by atoms with E-state index >= 15 is 0 Å². The summed E-state index contributed by atoms with van der Waals surface area (Å²) < 4.78 is 24.2. The summed E-state index contributed by atoms with van der Waals surface area (Å²) in [6.45, 7) is 0.522. The Morgan fingerprint density at radius 2 is 2.10 bits per heavy atom. The monoisotopic (exact) mass is 454 g/mol. The van der Waals surface area contributed by atoms with Gasteiger partial charge in [0, 0.05) is 32.3 Å². The number of hydrogen-bond donors (Lipinski definition) is 2. The molecular formula is C24H35FO5S. The van der Waals surface area contributed by atoms with E-state index in [1.165, 1.54) is 7.11 Å². The second kappa shape index (κ2) is 13.9. The standard InChI is InChI=1S/C24H35FO5S/c1-29-16-18-6-3-5-17(13-18)14-19(26)8-9-21-20(22(25)15-23(21)27)10-12-31-11-4-7-24(28)30-2/h3,5-6,8-9,13,19-23,26-27H,4,7,10-12,14-16H2,1-2H3/b9-8+. The van der Waals surface area contributed by atoms with Crippen molar-refractivity contribution >= 4 is 17.7 Å². The fourth-order valence-corrected chi connectivity index (χ4v) is 5.05. The summed E-state index contributed by atoms with van der Waals surface area (Å²) in [6.07, 6.45) is 3.41. The van der Waals surface area contributed by atoms with Crippen LogP contribution in [0, 0.1) is 11.8 Å². The quantitative estimate of drug-likeness (QED) is 0.269. The van der Waals surface area contributed by atoms with Gasteiger partial charge in [0.25, 0.3) is 0 Å². The fraction of sp³-hybridized carbons (Fsp3) is 0.625. The minimum absolute atomic E-state index is 0.141. The van der Waals surface area contributed by atoms with Crippen LogP contribution < -0.4 is 0 Å². The van der Waals surface area contributed by atoms with Crippen molar-refractivity contribution in [2.75, 3.05) is 25.7 Å². The summed E-state index contributed by atoms with van der Waals surface area (Å²) in [4.78, 5) is 11.1. The topological polar surface area (TPSA) is 76.0 Å². The number of aliphatic hydroxyl groups excluding tert-OH is 2. The Bertz CT molecular complexity index is 698. The van der Waals surface area contributed by atoms with Crippen molar-refractivity contribution in [1.29, 1.82) is 0 Å². The predicted octanol–water partition coefficient (Wildman–Crippen LogP) is 3.70. The lowest BCUT2D eigenvalue weighted by molar-refractivity contribution is -0.140. The normalized spacial score (nSPS) is 24.5. The molecule has 0 amide bonds. The lowest BCUT2D eigenvalue weighted by atomic mass is 9.90. The number of carbonyl (C=O) groups is 1. The molecule has 174 valence electrons. The molecule has 2 N–H and O–H groups in total. The summed E-state index contributed by atoms with van der Waals surface area (Å²) in [6, 6.07) is 7.87. The molecule has 0 saturated heterocycles. The SMILES string of the molecule is COCc1cccc(CC(O)/C=C/C2C(O)CC(F)C2CCSCCCC(=O)OC)c1. The van der Waals surface area contributed by atoms with Crippen molar-refractivity contribution in [3.05, 3.63) is 47.5 Å². The first-order valence-corrected chi connectivity index (χ1v) is 12.0. The number of alkyl halides is 1. The smallest absolute Gasteiger partial charge is 0.305 e. The van der Waals surface area contributed by atoms with Crippen LogP contribution in [-0.2, 0) is 27.3 Å². The number of thioether (sulfide) groups is 1. The van der Waals surface area contributed by atoms with Gasteiger partial charge in [0.2, 0.25) is 0 Å². The highest BCUT2D eigenvalue weighted by atomic mass is 32.2. The minimum Gasteiger partial charge on any atom is -0.469 e. The number of halogens is 1. The molecule has 0 heterocycles. The Hall–Kier alpha value is -1.41. The van der Waals surface area contributed by atoms with Crippen LogP contribution in [0.4, 0.5) is 4.39 Å². The second-order valence-electron chi connectivity index (χ2n) is 8.05. The van der Waals surface area contributed by atoms with Crippen molar-refractivity contribution in [2.24, 2.45) is 11.8 Å². The van der Waals surface area contributed by atoms with Gasteiger partial charge in [-0.15, -0.1) is 0 Å².